The highest BCUT2D eigenvalue weighted by Gasteiger charge is 2.41. The molecule has 3 rings (SSSR count). The molecule has 1 aromatic rings. The lowest BCUT2D eigenvalue weighted by atomic mass is 10.1. The Morgan fingerprint density at radius 3 is 2.54 bits per heavy atom. The van der Waals surface area contributed by atoms with Gasteiger partial charge in [-0.3, -0.25) is 14.6 Å². The Balaban J connectivity index is 1.84. The number of oxime groups is 1. The molecule has 1 saturated heterocycles. The summed E-state index contributed by atoms with van der Waals surface area (Å²) in [5, 5.41) is 3.77. The Bertz CT molecular complexity index is 750. The Labute approximate surface area is 162 Å². The Morgan fingerprint density at radius 1 is 1.18 bits per heavy atom. The molecule has 152 valence electrons. The second-order valence-corrected chi connectivity index (χ2v) is 6.41. The molecule has 0 bridgehead atoms. The SMILES string of the molecule is COc1ccc(N2C=NOC2C(=O)C(OC(N)=O)N2CCCCC2)cc1OC. The minimum Gasteiger partial charge on any atom is -0.493 e. The number of ketones is 1. The van der Waals surface area contributed by atoms with Crippen LogP contribution in [0.15, 0.2) is 23.4 Å². The zero-order valence-electron chi connectivity index (χ0n) is 15.9. The van der Waals surface area contributed by atoms with E-state index in [-0.39, 0.29) is 0 Å². The number of nitrogens with zero attached hydrogens (tertiary/aromatic N) is 3. The number of methoxy groups -OCH3 is 2. The van der Waals surface area contributed by atoms with Gasteiger partial charge in [-0.05, 0) is 25.0 Å². The summed E-state index contributed by atoms with van der Waals surface area (Å²) in [5.41, 5.74) is 5.80. The van der Waals surface area contributed by atoms with E-state index in [9.17, 15) is 9.59 Å². The summed E-state index contributed by atoms with van der Waals surface area (Å²) in [6, 6.07) is 5.15. The third kappa shape index (κ3) is 4.11. The van der Waals surface area contributed by atoms with Crippen LogP contribution >= 0.6 is 0 Å². The summed E-state index contributed by atoms with van der Waals surface area (Å²) in [5.74, 6) is 0.579. The molecule has 0 aromatic heterocycles. The summed E-state index contributed by atoms with van der Waals surface area (Å²) in [6.07, 6.45) is 1.04. The van der Waals surface area contributed by atoms with E-state index in [1.54, 1.807) is 23.1 Å². The minimum atomic E-state index is -1.13. The van der Waals surface area contributed by atoms with Gasteiger partial charge >= 0.3 is 6.09 Å². The standard InChI is InChI=1S/C18H24N4O6/c1-25-13-7-6-12(10-14(13)26-2)22-11-20-28-17(22)15(23)16(27-18(19)24)21-8-4-3-5-9-21/h6-7,10-11,16-17H,3-5,8-9H2,1-2H3,(H2,19,24). The fourth-order valence-electron chi connectivity index (χ4n) is 3.32. The summed E-state index contributed by atoms with van der Waals surface area (Å²) in [4.78, 5) is 33.2. The first kappa shape index (κ1) is 19.7. The van der Waals surface area contributed by atoms with Gasteiger partial charge < -0.3 is 24.8 Å². The first-order chi connectivity index (χ1) is 13.5. The lowest BCUT2D eigenvalue weighted by molar-refractivity contribution is -0.148. The number of amides is 1. The first-order valence-electron chi connectivity index (χ1n) is 8.98. The third-order valence-corrected chi connectivity index (χ3v) is 4.69. The van der Waals surface area contributed by atoms with E-state index in [4.69, 9.17) is 24.8 Å². The summed E-state index contributed by atoms with van der Waals surface area (Å²) < 4.78 is 15.7. The average Bonchev–Trinajstić information content (AvgIpc) is 3.21. The highest BCUT2D eigenvalue weighted by Crippen LogP contribution is 2.33. The monoisotopic (exact) mass is 392 g/mol. The Kier molecular flexibility index (Phi) is 6.19. The number of piperidine rings is 1. The van der Waals surface area contributed by atoms with Crippen molar-refractivity contribution < 1.29 is 28.6 Å². The van der Waals surface area contributed by atoms with Crippen LogP contribution in [0, 0.1) is 0 Å². The van der Waals surface area contributed by atoms with E-state index in [1.165, 1.54) is 25.5 Å². The molecule has 0 spiro atoms. The number of likely N-dealkylation sites (tertiary alicyclic amines) is 1. The van der Waals surface area contributed by atoms with Crippen LogP contribution in [-0.2, 0) is 14.4 Å². The van der Waals surface area contributed by atoms with Crippen LogP contribution in [0.25, 0.3) is 0 Å². The summed E-state index contributed by atoms with van der Waals surface area (Å²) >= 11 is 0. The van der Waals surface area contributed by atoms with Gasteiger partial charge in [0.2, 0.25) is 6.23 Å². The number of ether oxygens (including phenoxy) is 3. The van der Waals surface area contributed by atoms with E-state index in [1.807, 2.05) is 0 Å². The van der Waals surface area contributed by atoms with Crippen LogP contribution in [0.1, 0.15) is 19.3 Å². The number of anilines is 1. The lowest BCUT2D eigenvalue weighted by Crippen LogP contribution is -2.54. The van der Waals surface area contributed by atoms with Gasteiger partial charge in [0.15, 0.2) is 11.5 Å². The number of carbonyl (C=O) groups is 2. The van der Waals surface area contributed by atoms with E-state index in [0.717, 1.165) is 19.3 Å². The molecule has 1 fully saturated rings. The predicted molar refractivity (Wildman–Crippen MR) is 100 cm³/mol. The second-order valence-electron chi connectivity index (χ2n) is 6.41. The molecular weight excluding hydrogens is 368 g/mol. The zero-order valence-corrected chi connectivity index (χ0v) is 15.9. The topological polar surface area (TPSA) is 116 Å². The maximum absolute atomic E-state index is 13.2. The van der Waals surface area contributed by atoms with Crippen molar-refractivity contribution in [2.24, 2.45) is 10.9 Å². The fourth-order valence-corrected chi connectivity index (χ4v) is 3.32. The smallest absolute Gasteiger partial charge is 0.406 e. The highest BCUT2D eigenvalue weighted by molar-refractivity contribution is 5.97. The van der Waals surface area contributed by atoms with Crippen molar-refractivity contribution in [1.82, 2.24) is 4.90 Å². The van der Waals surface area contributed by atoms with Crippen LogP contribution in [0.4, 0.5) is 10.5 Å². The average molecular weight is 392 g/mol. The lowest BCUT2D eigenvalue weighted by Gasteiger charge is -2.34. The van der Waals surface area contributed by atoms with Crippen LogP contribution in [0.5, 0.6) is 11.5 Å². The number of hydrogen-bond donors (Lipinski definition) is 1. The van der Waals surface area contributed by atoms with Crippen molar-refractivity contribution in [3.05, 3.63) is 18.2 Å². The molecule has 2 aliphatic rings. The number of primary amides is 1. The van der Waals surface area contributed by atoms with Gasteiger partial charge in [-0.1, -0.05) is 11.6 Å². The molecule has 2 unspecified atom stereocenters. The molecule has 2 atom stereocenters. The molecule has 2 N–H and O–H groups in total. The molecule has 2 aliphatic heterocycles. The second kappa shape index (κ2) is 8.79. The normalized spacial score (nSPS) is 20.4. The van der Waals surface area contributed by atoms with E-state index in [0.29, 0.717) is 30.3 Å². The van der Waals surface area contributed by atoms with Gasteiger partial charge in [0.25, 0.3) is 12.0 Å². The summed E-state index contributed by atoms with van der Waals surface area (Å²) in [6.45, 7) is 1.27. The van der Waals surface area contributed by atoms with Crippen LogP contribution < -0.4 is 20.1 Å². The molecule has 10 nitrogen and oxygen atoms in total. The molecular formula is C18H24N4O6. The molecule has 10 heteroatoms. The van der Waals surface area contributed by atoms with Gasteiger partial charge in [-0.15, -0.1) is 0 Å². The van der Waals surface area contributed by atoms with Gasteiger partial charge in [0, 0.05) is 19.2 Å². The summed E-state index contributed by atoms with van der Waals surface area (Å²) in [7, 11) is 3.06. The Morgan fingerprint density at radius 2 is 1.89 bits per heavy atom. The number of Topliss-reactive ketones (excluding diaryl/α,β-unsaturated/α-hetero) is 1. The van der Waals surface area contributed by atoms with Crippen LogP contribution in [0.2, 0.25) is 0 Å². The van der Waals surface area contributed by atoms with Crippen molar-refractivity contribution >= 4 is 23.9 Å². The number of hydrogen-bond acceptors (Lipinski definition) is 9. The molecule has 2 heterocycles. The van der Waals surface area contributed by atoms with E-state index < -0.39 is 24.3 Å². The minimum absolute atomic E-state index is 0.465. The van der Waals surface area contributed by atoms with Gasteiger partial charge in [0.1, 0.15) is 6.34 Å². The maximum Gasteiger partial charge on any atom is 0.406 e. The van der Waals surface area contributed by atoms with Gasteiger partial charge in [-0.25, -0.2) is 4.79 Å². The predicted octanol–water partition coefficient (Wildman–Crippen LogP) is 1.29. The van der Waals surface area contributed by atoms with Crippen molar-refractivity contribution in [3.8, 4) is 11.5 Å². The number of rotatable bonds is 7. The van der Waals surface area contributed by atoms with E-state index >= 15 is 0 Å². The largest absolute Gasteiger partial charge is 0.493 e. The number of nitrogens with two attached hydrogens (primary N) is 1. The zero-order chi connectivity index (χ0) is 20.1. The molecule has 0 saturated carbocycles. The fraction of sp³-hybridized carbons (Fsp3) is 0.500. The molecule has 0 aliphatic carbocycles. The van der Waals surface area contributed by atoms with Crippen LogP contribution in [0.3, 0.4) is 0 Å². The van der Waals surface area contributed by atoms with Crippen LogP contribution in [-0.4, -0.2) is 62.9 Å². The molecule has 1 aromatic carbocycles. The number of carbonyl (C=O) groups excluding carboxylic acids is 2. The Hall–Kier alpha value is -3.01. The molecule has 0 radical (unpaired) electrons. The maximum atomic E-state index is 13.2. The van der Waals surface area contributed by atoms with Crippen molar-refractivity contribution in [1.29, 1.82) is 0 Å². The first-order valence-corrected chi connectivity index (χ1v) is 8.98. The number of benzene rings is 1. The highest BCUT2D eigenvalue weighted by atomic mass is 16.7. The quantitative estimate of drug-likeness (QED) is 0.738. The van der Waals surface area contributed by atoms with Gasteiger partial charge in [-0.2, -0.15) is 0 Å². The third-order valence-electron chi connectivity index (χ3n) is 4.69. The molecule has 1 amide bonds. The van der Waals surface area contributed by atoms with Crippen molar-refractivity contribution in [3.63, 3.8) is 0 Å². The van der Waals surface area contributed by atoms with Crippen molar-refractivity contribution in [2.75, 3.05) is 32.2 Å². The van der Waals surface area contributed by atoms with Gasteiger partial charge in [0.05, 0.1) is 19.9 Å². The van der Waals surface area contributed by atoms with Crippen molar-refractivity contribution in [2.45, 2.75) is 31.7 Å². The van der Waals surface area contributed by atoms with E-state index in [2.05, 4.69) is 5.16 Å². The molecule has 28 heavy (non-hydrogen) atoms.